The molecule has 0 spiro atoms. The van der Waals surface area contributed by atoms with Crippen molar-refractivity contribution < 1.29 is 61.6 Å². The first-order valence-corrected chi connectivity index (χ1v) is 6.35. The molecule has 0 aliphatic rings. The molecule has 0 atom stereocenters. The predicted octanol–water partition coefficient (Wildman–Crippen LogP) is -1.55. The maximum atomic E-state index is 5.50. The molecule has 3 heteroatoms. The van der Waals surface area contributed by atoms with Crippen molar-refractivity contribution in [2.75, 3.05) is 0 Å². The van der Waals surface area contributed by atoms with Crippen molar-refractivity contribution in [3.63, 3.8) is 0 Å². The van der Waals surface area contributed by atoms with E-state index in [1.165, 1.54) is 25.4 Å². The number of hydrogen-bond donors (Lipinski definition) is 0. The van der Waals surface area contributed by atoms with Gasteiger partial charge in [0.15, 0.2) is 0 Å². The van der Waals surface area contributed by atoms with Gasteiger partial charge in [-0.15, -0.1) is 0 Å². The molecule has 0 aromatic carbocycles. The average Bonchev–Trinajstić information content (AvgIpc) is 1.88. The first kappa shape index (κ1) is 14.6. The van der Waals surface area contributed by atoms with E-state index in [0.29, 0.717) is 0 Å². The van der Waals surface area contributed by atoms with Crippen molar-refractivity contribution in [1.29, 1.82) is 0 Å². The van der Waals surface area contributed by atoms with Crippen LogP contribution in [0.1, 0.15) is 0 Å². The zero-order valence-electron chi connectivity index (χ0n) is 5.79. The molecule has 0 N–H and O–H groups in total. The largest absolute Gasteiger partial charge is 2.00 e. The summed E-state index contributed by atoms with van der Waals surface area (Å²) in [5.74, 6) is 0. The molecule has 0 aliphatic carbocycles. The Kier molecular flexibility index (Phi) is 12.1. The van der Waals surface area contributed by atoms with Crippen molar-refractivity contribution in [3.8, 4) is 0 Å². The van der Waals surface area contributed by atoms with Crippen LogP contribution in [-0.2, 0) is 40.4 Å². The zero-order chi connectivity index (χ0) is 7.98. The van der Waals surface area contributed by atoms with Crippen LogP contribution < -0.4 is 21.2 Å². The Morgan fingerprint density at radius 3 is 2.45 bits per heavy atom. The Balaban J connectivity index is 0. The van der Waals surface area contributed by atoms with E-state index >= 15 is 0 Å². The van der Waals surface area contributed by atoms with Gasteiger partial charge in [0.2, 0.25) is 0 Å². The van der Waals surface area contributed by atoms with Crippen LogP contribution in [-0.4, -0.2) is 4.40 Å². The second kappa shape index (κ2) is 9.16. The third-order valence-corrected chi connectivity index (χ3v) is 3.16. The standard InChI is InChI=1S/C8H7I.2W/c1-5-7(3)9-8(4)6-2;;/h1-3,5-6H,4H2;;/q-2;;+2/b8-6+;;. The second-order valence-corrected chi connectivity index (χ2v) is 5.54. The quantitative estimate of drug-likeness (QED) is 0.209. The summed E-state index contributed by atoms with van der Waals surface area (Å²) >= 11 is 1.17. The van der Waals surface area contributed by atoms with E-state index in [2.05, 4.69) is 6.92 Å². The van der Waals surface area contributed by atoms with E-state index in [1.807, 2.05) is 10.5 Å². The van der Waals surface area contributed by atoms with Crippen LogP contribution in [0.2, 0.25) is 0 Å². The smallest absolute Gasteiger partial charge is 2.00 e. The first-order chi connectivity index (χ1) is 4.70. The molecule has 0 saturated carbocycles. The van der Waals surface area contributed by atoms with Crippen LogP contribution in [0.4, 0.5) is 0 Å². The molecule has 0 fully saturated rings. The number of hydrogen-bond acceptors (Lipinski definition) is 0. The van der Waals surface area contributed by atoms with Crippen molar-refractivity contribution in [2.24, 2.45) is 0 Å². The fourth-order valence-corrected chi connectivity index (χ4v) is 3.17. The molecule has 0 unspecified atom stereocenters. The van der Waals surface area contributed by atoms with Gasteiger partial charge in [0.1, 0.15) is 0 Å². The van der Waals surface area contributed by atoms with Gasteiger partial charge in [-0.3, -0.25) is 0 Å². The summed E-state index contributed by atoms with van der Waals surface area (Å²) in [6.07, 6.45) is 3.45. The molecule has 0 aromatic heterocycles. The van der Waals surface area contributed by atoms with E-state index < -0.39 is 0 Å². The Hall–Kier alpha value is 1.07. The minimum Gasteiger partial charge on any atom is 2.00 e. The van der Waals surface area contributed by atoms with Crippen molar-refractivity contribution in [3.05, 3.63) is 39.4 Å². The van der Waals surface area contributed by atoms with Crippen LogP contribution in [0.15, 0.2) is 19.3 Å². The summed E-state index contributed by atoms with van der Waals surface area (Å²) in [5.41, 5.74) is 0. The van der Waals surface area contributed by atoms with Gasteiger partial charge in [-0.05, 0) is 0 Å². The third-order valence-electron chi connectivity index (χ3n) is 0.639. The summed E-state index contributed by atoms with van der Waals surface area (Å²) in [6.45, 7) is 14.5. The fraction of sp³-hybridized carbons (Fsp3) is 0. The van der Waals surface area contributed by atoms with Gasteiger partial charge < -0.3 is 0 Å². The van der Waals surface area contributed by atoms with E-state index in [-0.39, 0.29) is 42.3 Å². The topological polar surface area (TPSA) is 0 Å². The first-order valence-electron chi connectivity index (χ1n) is 2.50. The summed E-state index contributed by atoms with van der Waals surface area (Å²) in [6, 6.07) is 0. The summed E-state index contributed by atoms with van der Waals surface area (Å²) in [7, 11) is 0. The maximum Gasteiger partial charge on any atom is 2.00 e. The number of allylic oxidation sites excluding steroid dienone is 4. The molecule has 0 aliphatic heterocycles. The van der Waals surface area contributed by atoms with Crippen molar-refractivity contribution >= 4 is 4.40 Å². The third kappa shape index (κ3) is 8.98. The summed E-state index contributed by atoms with van der Waals surface area (Å²) in [4.78, 5) is 0. The van der Waals surface area contributed by atoms with Crippen LogP contribution in [0.5, 0.6) is 0 Å². The fourth-order valence-electron chi connectivity index (χ4n) is 0.277. The molecule has 0 aromatic rings. The van der Waals surface area contributed by atoms with Gasteiger partial charge in [0.05, 0.1) is 0 Å². The Morgan fingerprint density at radius 2 is 2.09 bits per heavy atom. The Bertz CT molecular complexity index is 183. The van der Waals surface area contributed by atoms with Gasteiger partial charge in [0, 0.05) is 0 Å². The van der Waals surface area contributed by atoms with E-state index in [9.17, 15) is 0 Å². The molecule has 0 bridgehead atoms. The summed E-state index contributed by atoms with van der Waals surface area (Å²) in [5, 5.41) is 0. The molecule has 0 nitrogen and oxygen atoms in total. The van der Waals surface area contributed by atoms with Crippen LogP contribution in [0.3, 0.4) is 0 Å². The normalized spacial score (nSPS) is 9.64. The molecule has 0 rings (SSSR count). The van der Waals surface area contributed by atoms with Gasteiger partial charge in [-0.25, -0.2) is 0 Å². The maximum absolute atomic E-state index is 5.50. The van der Waals surface area contributed by atoms with E-state index in [4.69, 9.17) is 13.2 Å². The molecule has 0 amide bonds. The minimum atomic E-state index is -0.261. The van der Waals surface area contributed by atoms with Crippen LogP contribution in [0, 0.1) is 20.1 Å². The predicted molar refractivity (Wildman–Crippen MR) is 36.2 cm³/mol. The monoisotopic (exact) mass is 598 g/mol. The molecule has 58 valence electrons. The van der Waals surface area contributed by atoms with Crippen molar-refractivity contribution in [2.45, 2.75) is 0 Å². The van der Waals surface area contributed by atoms with Gasteiger partial charge in [0.25, 0.3) is 0 Å². The Morgan fingerprint density at radius 1 is 1.55 bits per heavy atom. The zero-order valence-corrected chi connectivity index (χ0v) is 13.8. The van der Waals surface area contributed by atoms with Crippen molar-refractivity contribution in [1.82, 2.24) is 0 Å². The number of rotatable bonds is 4. The second-order valence-electron chi connectivity index (χ2n) is 1.40. The van der Waals surface area contributed by atoms with Crippen LogP contribution in [0.25, 0.3) is 0 Å². The Labute approximate surface area is 104 Å². The molecular weight excluding hydrogens is 591 g/mol. The molecule has 0 saturated heterocycles. The number of halogens is 1. The summed E-state index contributed by atoms with van der Waals surface area (Å²) < 4.78 is 3.91. The van der Waals surface area contributed by atoms with Gasteiger partial charge in [-0.1, -0.05) is 0 Å². The molecular formula is C8H7IW2. The van der Waals surface area contributed by atoms with E-state index in [0.717, 1.165) is 7.16 Å². The molecule has 0 radical (unpaired) electrons. The molecule has 0 heterocycles. The van der Waals surface area contributed by atoms with Gasteiger partial charge in [-0.2, -0.15) is 0 Å². The van der Waals surface area contributed by atoms with Crippen LogP contribution >= 0.6 is 0 Å². The minimum absolute atomic E-state index is 0. The van der Waals surface area contributed by atoms with E-state index in [1.54, 1.807) is 0 Å². The SMILES string of the molecule is [CH-]=CC(=[CH-])[I+]/C([CH2-])=C/[CH]=[W].[W+2]. The van der Waals surface area contributed by atoms with Gasteiger partial charge >= 0.3 is 105 Å². The average molecular weight is 598 g/mol. The molecule has 11 heavy (non-hydrogen) atoms.